The van der Waals surface area contributed by atoms with Crippen molar-refractivity contribution in [2.24, 2.45) is 5.73 Å². The van der Waals surface area contributed by atoms with Crippen LogP contribution >= 0.6 is 0 Å². The highest BCUT2D eigenvalue weighted by Gasteiger charge is 1.95. The number of carbonyl (C=O) groups excluding carboxylic acids is 1. The Morgan fingerprint density at radius 1 is 1.25 bits per heavy atom. The molecule has 0 unspecified atom stereocenters. The van der Waals surface area contributed by atoms with Crippen molar-refractivity contribution in [1.29, 1.82) is 0 Å². The molecule has 16 heavy (non-hydrogen) atoms. The number of nitrogens with two attached hydrogens (primary N) is 1. The van der Waals surface area contributed by atoms with E-state index in [0.29, 0.717) is 19.5 Å². The Balaban J connectivity index is 3.27. The molecule has 1 amide bonds. The maximum absolute atomic E-state index is 11.3. The Hall–Kier alpha value is -0.870. The smallest absolute Gasteiger partial charge is 0.223 e. The van der Waals surface area contributed by atoms with Crippen LogP contribution < -0.4 is 16.4 Å². The lowest BCUT2D eigenvalue weighted by Gasteiger charge is -2.04. The van der Waals surface area contributed by atoms with Crippen molar-refractivity contribution in [2.75, 3.05) is 26.2 Å². The number of allylic oxidation sites excluding steroid dienone is 1. The van der Waals surface area contributed by atoms with Crippen LogP contribution in [0, 0.1) is 0 Å². The van der Waals surface area contributed by atoms with Gasteiger partial charge in [0.05, 0.1) is 0 Å². The van der Waals surface area contributed by atoms with Gasteiger partial charge in [-0.3, -0.25) is 4.79 Å². The van der Waals surface area contributed by atoms with Crippen molar-refractivity contribution in [3.63, 3.8) is 0 Å². The van der Waals surface area contributed by atoms with Crippen LogP contribution in [0.4, 0.5) is 0 Å². The average molecular weight is 227 g/mol. The molecule has 0 aromatic heterocycles. The van der Waals surface area contributed by atoms with Crippen molar-refractivity contribution < 1.29 is 4.79 Å². The van der Waals surface area contributed by atoms with Crippen LogP contribution in [0.5, 0.6) is 0 Å². The molecule has 4 N–H and O–H groups in total. The van der Waals surface area contributed by atoms with E-state index in [-0.39, 0.29) is 5.91 Å². The lowest BCUT2D eigenvalue weighted by Crippen LogP contribution is -2.33. The molecule has 4 heteroatoms. The van der Waals surface area contributed by atoms with Crippen LogP contribution in [0.3, 0.4) is 0 Å². The third-order valence-electron chi connectivity index (χ3n) is 2.14. The molecule has 4 nitrogen and oxygen atoms in total. The van der Waals surface area contributed by atoms with Gasteiger partial charge in [-0.15, -0.1) is 0 Å². The van der Waals surface area contributed by atoms with Gasteiger partial charge in [-0.25, -0.2) is 0 Å². The molecule has 0 heterocycles. The fourth-order valence-electron chi connectivity index (χ4n) is 1.22. The first kappa shape index (κ1) is 15.1. The van der Waals surface area contributed by atoms with E-state index in [9.17, 15) is 4.79 Å². The van der Waals surface area contributed by atoms with E-state index in [1.165, 1.54) is 12.8 Å². The molecule has 0 saturated carbocycles. The first-order chi connectivity index (χ1) is 7.81. The lowest BCUT2D eigenvalue weighted by molar-refractivity contribution is -0.120. The molecule has 0 aliphatic heterocycles. The first-order valence-electron chi connectivity index (χ1n) is 6.13. The van der Waals surface area contributed by atoms with E-state index in [0.717, 1.165) is 19.5 Å². The van der Waals surface area contributed by atoms with Crippen LogP contribution in [0.1, 0.15) is 32.6 Å². The fraction of sp³-hybridized carbons (Fsp3) is 0.750. The van der Waals surface area contributed by atoms with E-state index in [1.54, 1.807) is 0 Å². The highest BCUT2D eigenvalue weighted by molar-refractivity contribution is 5.77. The Morgan fingerprint density at radius 3 is 2.75 bits per heavy atom. The minimum Gasteiger partial charge on any atom is -0.355 e. The predicted molar refractivity (Wildman–Crippen MR) is 68.2 cm³/mol. The molecule has 94 valence electrons. The van der Waals surface area contributed by atoms with Crippen molar-refractivity contribution in [3.8, 4) is 0 Å². The zero-order valence-corrected chi connectivity index (χ0v) is 10.3. The monoisotopic (exact) mass is 227 g/mol. The van der Waals surface area contributed by atoms with Gasteiger partial charge in [-0.05, 0) is 6.42 Å². The number of hydrogen-bond donors (Lipinski definition) is 3. The second-order valence-corrected chi connectivity index (χ2v) is 3.71. The third kappa shape index (κ3) is 11.2. The quantitative estimate of drug-likeness (QED) is 0.382. The van der Waals surface area contributed by atoms with E-state index in [4.69, 9.17) is 5.73 Å². The molecule has 0 fully saturated rings. The Morgan fingerprint density at radius 2 is 2.06 bits per heavy atom. The summed E-state index contributed by atoms with van der Waals surface area (Å²) in [5.41, 5.74) is 5.32. The van der Waals surface area contributed by atoms with E-state index in [2.05, 4.69) is 23.6 Å². The van der Waals surface area contributed by atoms with Crippen molar-refractivity contribution >= 4 is 5.91 Å². The molecule has 0 spiro atoms. The summed E-state index contributed by atoms with van der Waals surface area (Å²) in [6, 6.07) is 0. The largest absolute Gasteiger partial charge is 0.355 e. The van der Waals surface area contributed by atoms with E-state index < -0.39 is 0 Å². The maximum Gasteiger partial charge on any atom is 0.223 e. The Labute approximate surface area is 98.7 Å². The van der Waals surface area contributed by atoms with Gasteiger partial charge in [0.2, 0.25) is 5.91 Å². The zero-order chi connectivity index (χ0) is 12.1. The molecule has 0 atom stereocenters. The molecule has 0 aliphatic carbocycles. The molecular weight excluding hydrogens is 202 g/mol. The lowest BCUT2D eigenvalue weighted by atomic mass is 10.2. The first-order valence-corrected chi connectivity index (χ1v) is 6.13. The van der Waals surface area contributed by atoms with Crippen LogP contribution in [-0.2, 0) is 4.79 Å². The van der Waals surface area contributed by atoms with Crippen LogP contribution in [0.2, 0.25) is 0 Å². The molecular formula is C12H25N3O. The van der Waals surface area contributed by atoms with Crippen molar-refractivity contribution in [3.05, 3.63) is 12.2 Å². The van der Waals surface area contributed by atoms with Gasteiger partial charge >= 0.3 is 0 Å². The van der Waals surface area contributed by atoms with Gasteiger partial charge in [0.15, 0.2) is 0 Å². The highest BCUT2D eigenvalue weighted by atomic mass is 16.1. The molecule has 0 bridgehead atoms. The van der Waals surface area contributed by atoms with Crippen LogP contribution in [0.15, 0.2) is 12.2 Å². The number of hydrogen-bond acceptors (Lipinski definition) is 3. The number of rotatable bonds is 10. The summed E-state index contributed by atoms with van der Waals surface area (Å²) < 4.78 is 0. The molecule has 0 saturated heterocycles. The number of carbonyl (C=O) groups is 1. The Bertz CT molecular complexity index is 193. The minimum atomic E-state index is 0.0855. The summed E-state index contributed by atoms with van der Waals surface area (Å²) in [6.07, 6.45) is 7.97. The average Bonchev–Trinajstić information content (AvgIpc) is 2.28. The minimum absolute atomic E-state index is 0.0855. The van der Waals surface area contributed by atoms with Gasteiger partial charge in [-0.2, -0.15) is 0 Å². The summed E-state index contributed by atoms with van der Waals surface area (Å²) in [5.74, 6) is 0.0855. The third-order valence-corrected chi connectivity index (χ3v) is 2.14. The second kappa shape index (κ2) is 12.2. The second-order valence-electron chi connectivity index (χ2n) is 3.71. The van der Waals surface area contributed by atoms with Gasteiger partial charge in [-0.1, -0.05) is 31.9 Å². The number of nitrogens with one attached hydrogen (secondary N) is 2. The highest BCUT2D eigenvalue weighted by Crippen LogP contribution is 1.95. The van der Waals surface area contributed by atoms with Crippen molar-refractivity contribution in [2.45, 2.75) is 32.6 Å². The molecule has 0 aromatic carbocycles. The van der Waals surface area contributed by atoms with Crippen molar-refractivity contribution in [1.82, 2.24) is 10.6 Å². The van der Waals surface area contributed by atoms with E-state index >= 15 is 0 Å². The molecule has 0 aliphatic rings. The van der Waals surface area contributed by atoms with Gasteiger partial charge in [0.25, 0.3) is 0 Å². The van der Waals surface area contributed by atoms with Crippen LogP contribution in [0.25, 0.3) is 0 Å². The molecule has 0 radical (unpaired) electrons. The number of unbranched alkanes of at least 4 members (excludes halogenated alkanes) is 2. The SMILES string of the molecule is CCCC/C=C/CC(=O)NCCNCCN. The summed E-state index contributed by atoms with van der Waals surface area (Å²) >= 11 is 0. The zero-order valence-electron chi connectivity index (χ0n) is 10.3. The summed E-state index contributed by atoms with van der Waals surface area (Å²) in [6.45, 7) is 5.04. The molecule has 0 aromatic rings. The standard InChI is InChI=1S/C12H25N3O/c1-2-3-4-5-6-7-12(16)15-11-10-14-9-8-13/h5-6,14H,2-4,7-11,13H2,1H3,(H,15,16)/b6-5+. The number of amides is 1. The fourth-order valence-corrected chi connectivity index (χ4v) is 1.22. The maximum atomic E-state index is 11.3. The topological polar surface area (TPSA) is 67.2 Å². The van der Waals surface area contributed by atoms with E-state index in [1.807, 2.05) is 6.08 Å². The van der Waals surface area contributed by atoms with Gasteiger partial charge < -0.3 is 16.4 Å². The van der Waals surface area contributed by atoms with Gasteiger partial charge in [0, 0.05) is 32.6 Å². The Kier molecular flexibility index (Phi) is 11.5. The van der Waals surface area contributed by atoms with Gasteiger partial charge in [0.1, 0.15) is 0 Å². The van der Waals surface area contributed by atoms with Crippen LogP contribution in [-0.4, -0.2) is 32.1 Å². The summed E-state index contributed by atoms with van der Waals surface area (Å²) in [7, 11) is 0. The summed E-state index contributed by atoms with van der Waals surface area (Å²) in [4.78, 5) is 11.3. The molecule has 0 rings (SSSR count). The predicted octanol–water partition coefficient (Wildman–Crippen LogP) is 0.787. The normalized spacial score (nSPS) is 10.9. The summed E-state index contributed by atoms with van der Waals surface area (Å²) in [5, 5.41) is 5.96.